The standard InChI is InChI=1S/C17H25N7O2/c1-5-18-14-10-15(20-12(2)19-14)23-6-8-24(9-7-23)17(25)13-11-22(3)21-16(13)26-4/h10-11H,5-9H2,1-4H3,(H,18,19,20). The van der Waals surface area contributed by atoms with E-state index in [9.17, 15) is 4.79 Å². The molecule has 3 heterocycles. The normalized spacial score (nSPS) is 14.5. The first kappa shape index (κ1) is 18.0. The number of methoxy groups -OCH3 is 1. The van der Waals surface area contributed by atoms with Gasteiger partial charge in [-0.25, -0.2) is 9.97 Å². The number of carbonyl (C=O) groups is 1. The van der Waals surface area contributed by atoms with Gasteiger partial charge in [-0.2, -0.15) is 0 Å². The molecule has 9 nitrogen and oxygen atoms in total. The van der Waals surface area contributed by atoms with Crippen LogP contribution in [0.5, 0.6) is 5.88 Å². The van der Waals surface area contributed by atoms with Gasteiger partial charge in [-0.15, -0.1) is 5.10 Å². The molecule has 0 atom stereocenters. The summed E-state index contributed by atoms with van der Waals surface area (Å²) in [5, 5.41) is 7.38. The van der Waals surface area contributed by atoms with Gasteiger partial charge in [0.15, 0.2) is 0 Å². The molecule has 1 amide bonds. The summed E-state index contributed by atoms with van der Waals surface area (Å²) in [6.45, 7) is 7.41. The second kappa shape index (κ2) is 7.59. The van der Waals surface area contributed by atoms with E-state index in [1.165, 1.54) is 7.11 Å². The number of anilines is 2. The van der Waals surface area contributed by atoms with Gasteiger partial charge in [0.05, 0.1) is 7.11 Å². The molecule has 140 valence electrons. The van der Waals surface area contributed by atoms with Crippen molar-refractivity contribution in [3.8, 4) is 5.88 Å². The first-order chi connectivity index (χ1) is 12.5. The van der Waals surface area contributed by atoms with Gasteiger partial charge in [0.2, 0.25) is 5.88 Å². The molecule has 26 heavy (non-hydrogen) atoms. The Morgan fingerprint density at radius 2 is 2.00 bits per heavy atom. The number of carbonyl (C=O) groups excluding carboxylic acids is 1. The van der Waals surface area contributed by atoms with Gasteiger partial charge in [-0.05, 0) is 13.8 Å². The Balaban J connectivity index is 1.68. The number of hydrogen-bond donors (Lipinski definition) is 1. The highest BCUT2D eigenvalue weighted by Gasteiger charge is 2.26. The fourth-order valence-corrected chi connectivity index (χ4v) is 3.06. The Bertz CT molecular complexity index is 781. The second-order valence-corrected chi connectivity index (χ2v) is 6.19. The lowest BCUT2D eigenvalue weighted by molar-refractivity contribution is 0.0743. The van der Waals surface area contributed by atoms with Gasteiger partial charge in [-0.1, -0.05) is 0 Å². The highest BCUT2D eigenvalue weighted by atomic mass is 16.5. The third-order valence-corrected chi connectivity index (χ3v) is 4.29. The molecule has 0 aliphatic carbocycles. The molecule has 2 aromatic rings. The molecule has 1 fully saturated rings. The highest BCUT2D eigenvalue weighted by Crippen LogP contribution is 2.21. The summed E-state index contributed by atoms with van der Waals surface area (Å²) < 4.78 is 6.80. The molecule has 1 aliphatic rings. The van der Waals surface area contributed by atoms with Crippen molar-refractivity contribution < 1.29 is 9.53 Å². The van der Waals surface area contributed by atoms with Crippen LogP contribution in [0.4, 0.5) is 11.6 Å². The number of aromatic nitrogens is 4. The van der Waals surface area contributed by atoms with Crippen molar-refractivity contribution in [2.24, 2.45) is 7.05 Å². The molecule has 3 rings (SSSR count). The number of rotatable bonds is 5. The number of aryl methyl sites for hydroxylation is 2. The quantitative estimate of drug-likeness (QED) is 0.849. The van der Waals surface area contributed by atoms with Gasteiger partial charge < -0.3 is 19.9 Å². The highest BCUT2D eigenvalue weighted by molar-refractivity contribution is 5.96. The fourth-order valence-electron chi connectivity index (χ4n) is 3.06. The van der Waals surface area contributed by atoms with Crippen LogP contribution in [0.15, 0.2) is 12.3 Å². The van der Waals surface area contributed by atoms with Crippen molar-refractivity contribution in [1.29, 1.82) is 0 Å². The molecule has 0 unspecified atom stereocenters. The number of nitrogens with zero attached hydrogens (tertiary/aromatic N) is 6. The summed E-state index contributed by atoms with van der Waals surface area (Å²) >= 11 is 0. The monoisotopic (exact) mass is 359 g/mol. The molecule has 0 bridgehead atoms. The Morgan fingerprint density at radius 1 is 1.27 bits per heavy atom. The molecule has 0 spiro atoms. The largest absolute Gasteiger partial charge is 0.479 e. The zero-order valence-corrected chi connectivity index (χ0v) is 15.7. The lowest BCUT2D eigenvalue weighted by atomic mass is 10.2. The number of hydrogen-bond acceptors (Lipinski definition) is 7. The summed E-state index contributed by atoms with van der Waals surface area (Å²) in [6, 6.07) is 1.96. The van der Waals surface area contributed by atoms with Crippen molar-refractivity contribution >= 4 is 17.5 Å². The third kappa shape index (κ3) is 3.71. The van der Waals surface area contributed by atoms with Gasteiger partial charge in [-0.3, -0.25) is 9.48 Å². The predicted octanol–water partition coefficient (Wildman–Crippen LogP) is 0.921. The number of amides is 1. The number of nitrogens with one attached hydrogen (secondary N) is 1. The third-order valence-electron chi connectivity index (χ3n) is 4.29. The maximum Gasteiger partial charge on any atom is 0.261 e. The summed E-state index contributed by atoms with van der Waals surface area (Å²) in [6.07, 6.45) is 1.70. The molecule has 0 saturated carbocycles. The van der Waals surface area contributed by atoms with Crippen LogP contribution < -0.4 is 15.0 Å². The molecule has 0 radical (unpaired) electrons. The molecule has 1 aliphatic heterocycles. The van der Waals surface area contributed by atoms with Crippen molar-refractivity contribution in [2.75, 3.05) is 50.1 Å². The fraction of sp³-hybridized carbons (Fsp3) is 0.529. The van der Waals surface area contributed by atoms with E-state index in [1.807, 2.05) is 24.8 Å². The van der Waals surface area contributed by atoms with E-state index >= 15 is 0 Å². The molecular weight excluding hydrogens is 334 g/mol. The Hall–Kier alpha value is -2.84. The Labute approximate surface area is 153 Å². The van der Waals surface area contributed by atoms with Gasteiger partial charge in [0, 0.05) is 52.0 Å². The number of ether oxygens (including phenoxy) is 1. The molecular formula is C17H25N7O2. The number of piperazine rings is 1. The maximum atomic E-state index is 12.8. The van der Waals surface area contributed by atoms with E-state index in [0.29, 0.717) is 24.5 Å². The Morgan fingerprint density at radius 3 is 2.65 bits per heavy atom. The topological polar surface area (TPSA) is 88.4 Å². The van der Waals surface area contributed by atoms with Crippen molar-refractivity contribution in [2.45, 2.75) is 13.8 Å². The summed E-state index contributed by atoms with van der Waals surface area (Å²) in [5.74, 6) is 2.76. The first-order valence-corrected chi connectivity index (χ1v) is 8.73. The molecule has 2 aromatic heterocycles. The zero-order chi connectivity index (χ0) is 18.7. The van der Waals surface area contributed by atoms with Crippen LogP contribution in [0.1, 0.15) is 23.1 Å². The van der Waals surface area contributed by atoms with Crippen LogP contribution in [-0.4, -0.2) is 70.4 Å². The van der Waals surface area contributed by atoms with E-state index in [0.717, 1.165) is 37.1 Å². The SMILES string of the molecule is CCNc1cc(N2CCN(C(=O)c3cn(C)nc3OC)CC2)nc(C)n1. The average molecular weight is 359 g/mol. The zero-order valence-electron chi connectivity index (χ0n) is 15.7. The minimum atomic E-state index is -0.0539. The lowest BCUT2D eigenvalue weighted by Gasteiger charge is -2.35. The average Bonchev–Trinajstić information content (AvgIpc) is 3.02. The lowest BCUT2D eigenvalue weighted by Crippen LogP contribution is -2.49. The molecule has 1 saturated heterocycles. The molecule has 9 heteroatoms. The van der Waals surface area contributed by atoms with E-state index in [1.54, 1.807) is 17.9 Å². The predicted molar refractivity (Wildman–Crippen MR) is 98.8 cm³/mol. The van der Waals surface area contributed by atoms with Crippen LogP contribution in [0.2, 0.25) is 0 Å². The van der Waals surface area contributed by atoms with Crippen molar-refractivity contribution in [1.82, 2.24) is 24.6 Å². The second-order valence-electron chi connectivity index (χ2n) is 6.19. The summed E-state index contributed by atoms with van der Waals surface area (Å²) in [4.78, 5) is 25.7. The molecule has 1 N–H and O–H groups in total. The van der Waals surface area contributed by atoms with Gasteiger partial charge >= 0.3 is 0 Å². The van der Waals surface area contributed by atoms with Crippen molar-refractivity contribution in [3.63, 3.8) is 0 Å². The van der Waals surface area contributed by atoms with Gasteiger partial charge in [0.25, 0.3) is 5.91 Å². The van der Waals surface area contributed by atoms with Gasteiger partial charge in [0.1, 0.15) is 23.0 Å². The minimum absolute atomic E-state index is 0.0539. The van der Waals surface area contributed by atoms with Crippen molar-refractivity contribution in [3.05, 3.63) is 23.7 Å². The van der Waals surface area contributed by atoms with Crippen LogP contribution >= 0.6 is 0 Å². The van der Waals surface area contributed by atoms with E-state index < -0.39 is 0 Å². The first-order valence-electron chi connectivity index (χ1n) is 8.73. The molecule has 0 aromatic carbocycles. The van der Waals surface area contributed by atoms with Crippen LogP contribution in [0.25, 0.3) is 0 Å². The summed E-state index contributed by atoms with van der Waals surface area (Å²) in [7, 11) is 3.30. The maximum absolute atomic E-state index is 12.8. The smallest absolute Gasteiger partial charge is 0.261 e. The van der Waals surface area contributed by atoms with E-state index in [2.05, 4.69) is 25.3 Å². The van der Waals surface area contributed by atoms with Crippen LogP contribution in [-0.2, 0) is 7.05 Å². The van der Waals surface area contributed by atoms with E-state index in [4.69, 9.17) is 4.74 Å². The summed E-state index contributed by atoms with van der Waals surface area (Å²) in [5.41, 5.74) is 0.496. The van der Waals surface area contributed by atoms with Crippen LogP contribution in [0.3, 0.4) is 0 Å². The Kier molecular flexibility index (Phi) is 5.24. The van der Waals surface area contributed by atoms with Crippen LogP contribution in [0, 0.1) is 6.92 Å². The van der Waals surface area contributed by atoms with E-state index in [-0.39, 0.29) is 5.91 Å². The minimum Gasteiger partial charge on any atom is -0.479 e.